The van der Waals surface area contributed by atoms with Crippen molar-refractivity contribution in [3.63, 3.8) is 0 Å². The van der Waals surface area contributed by atoms with Crippen LogP contribution in [-0.4, -0.2) is 9.55 Å². The van der Waals surface area contributed by atoms with Crippen molar-refractivity contribution in [3.05, 3.63) is 43.0 Å². The summed E-state index contributed by atoms with van der Waals surface area (Å²) < 4.78 is 2.06. The highest BCUT2D eigenvalue weighted by molar-refractivity contribution is 5.20. The van der Waals surface area contributed by atoms with E-state index in [-0.39, 0.29) is 0 Å². The maximum absolute atomic E-state index is 3.96. The minimum atomic E-state index is 0.391. The van der Waals surface area contributed by atoms with E-state index in [4.69, 9.17) is 0 Å². The summed E-state index contributed by atoms with van der Waals surface area (Å²) >= 11 is 0. The lowest BCUT2D eigenvalue weighted by Crippen LogP contribution is -1.97. The molecule has 0 atom stereocenters. The molecule has 0 saturated heterocycles. The molecular formula is C8H8N2. The molecule has 0 N–H and O–H groups in total. The van der Waals surface area contributed by atoms with Crippen LogP contribution < -0.4 is 0 Å². The van der Waals surface area contributed by atoms with Crippen LogP contribution in [0, 0.1) is 0 Å². The lowest BCUT2D eigenvalue weighted by atomic mass is 10.3. The summed E-state index contributed by atoms with van der Waals surface area (Å²) in [6.45, 7) is 0. The van der Waals surface area contributed by atoms with Gasteiger partial charge in [0.05, 0.1) is 12.4 Å². The monoisotopic (exact) mass is 132 g/mol. The maximum atomic E-state index is 3.96. The van der Waals surface area contributed by atoms with Gasteiger partial charge < -0.3 is 4.57 Å². The molecule has 1 aliphatic carbocycles. The lowest BCUT2D eigenvalue weighted by molar-refractivity contribution is 0.729. The van der Waals surface area contributed by atoms with Crippen LogP contribution >= 0.6 is 0 Å². The largest absolute Gasteiger partial charge is 0.327 e. The Morgan fingerprint density at radius 2 is 2.00 bits per heavy atom. The average molecular weight is 132 g/mol. The highest BCUT2D eigenvalue weighted by Crippen LogP contribution is 2.13. The number of aromatic nitrogens is 2. The Morgan fingerprint density at radius 1 is 1.20 bits per heavy atom. The van der Waals surface area contributed by atoms with Gasteiger partial charge in [-0.3, -0.25) is 0 Å². The van der Waals surface area contributed by atoms with Crippen molar-refractivity contribution in [2.45, 2.75) is 6.04 Å². The summed E-state index contributed by atoms with van der Waals surface area (Å²) in [5.41, 5.74) is 0. The molecular weight excluding hydrogens is 124 g/mol. The van der Waals surface area contributed by atoms with Gasteiger partial charge >= 0.3 is 0 Å². The van der Waals surface area contributed by atoms with Gasteiger partial charge in [0, 0.05) is 12.4 Å². The SMILES string of the molecule is C1=CC(n2ccnc2)C=C1. The molecule has 2 heteroatoms. The first-order valence-corrected chi connectivity index (χ1v) is 3.29. The Labute approximate surface area is 59.5 Å². The minimum Gasteiger partial charge on any atom is -0.327 e. The fourth-order valence-electron chi connectivity index (χ4n) is 1.06. The molecule has 0 bridgehead atoms. The number of allylic oxidation sites excluding steroid dienone is 4. The normalized spacial score (nSPS) is 16.8. The number of rotatable bonds is 1. The molecule has 0 fully saturated rings. The molecule has 0 aromatic carbocycles. The van der Waals surface area contributed by atoms with Gasteiger partial charge in [0.1, 0.15) is 0 Å². The molecule has 1 aliphatic rings. The van der Waals surface area contributed by atoms with Crippen molar-refractivity contribution in [2.75, 3.05) is 0 Å². The molecule has 10 heavy (non-hydrogen) atoms. The van der Waals surface area contributed by atoms with Gasteiger partial charge in [-0.25, -0.2) is 4.98 Å². The summed E-state index contributed by atoms with van der Waals surface area (Å²) in [5, 5.41) is 0. The Hall–Kier alpha value is -1.31. The topological polar surface area (TPSA) is 17.8 Å². The zero-order chi connectivity index (χ0) is 6.81. The maximum Gasteiger partial charge on any atom is 0.0954 e. The van der Waals surface area contributed by atoms with E-state index in [2.05, 4.69) is 21.7 Å². The number of nitrogens with zero attached hydrogens (tertiary/aromatic N) is 2. The number of imidazole rings is 1. The van der Waals surface area contributed by atoms with E-state index in [1.807, 2.05) is 24.7 Å². The van der Waals surface area contributed by atoms with Crippen LogP contribution in [-0.2, 0) is 0 Å². The molecule has 1 aromatic rings. The first-order valence-electron chi connectivity index (χ1n) is 3.29. The van der Waals surface area contributed by atoms with Crippen molar-refractivity contribution >= 4 is 0 Å². The van der Waals surface area contributed by atoms with Gasteiger partial charge in [0.25, 0.3) is 0 Å². The van der Waals surface area contributed by atoms with E-state index in [9.17, 15) is 0 Å². The molecule has 0 spiro atoms. The van der Waals surface area contributed by atoms with Crippen molar-refractivity contribution in [1.29, 1.82) is 0 Å². The molecule has 2 rings (SSSR count). The highest BCUT2D eigenvalue weighted by Gasteiger charge is 2.02. The van der Waals surface area contributed by atoms with Crippen LogP contribution in [0.2, 0.25) is 0 Å². The van der Waals surface area contributed by atoms with Crippen molar-refractivity contribution < 1.29 is 0 Å². The highest BCUT2D eigenvalue weighted by atomic mass is 15.0. The third-order valence-corrected chi connectivity index (χ3v) is 1.60. The van der Waals surface area contributed by atoms with Gasteiger partial charge in [-0.2, -0.15) is 0 Å². The van der Waals surface area contributed by atoms with E-state index in [0.29, 0.717) is 6.04 Å². The molecule has 0 amide bonds. The van der Waals surface area contributed by atoms with E-state index in [1.165, 1.54) is 0 Å². The summed E-state index contributed by atoms with van der Waals surface area (Å²) in [7, 11) is 0. The quantitative estimate of drug-likeness (QED) is 0.567. The fourth-order valence-corrected chi connectivity index (χ4v) is 1.06. The molecule has 1 heterocycles. The third-order valence-electron chi connectivity index (χ3n) is 1.60. The average Bonchev–Trinajstić information content (AvgIpc) is 2.59. The van der Waals surface area contributed by atoms with Crippen molar-refractivity contribution in [2.24, 2.45) is 0 Å². The summed E-state index contributed by atoms with van der Waals surface area (Å²) in [5.74, 6) is 0. The number of hydrogen-bond acceptors (Lipinski definition) is 1. The fraction of sp³-hybridized carbons (Fsp3) is 0.125. The van der Waals surface area contributed by atoms with Crippen LogP contribution in [0.4, 0.5) is 0 Å². The zero-order valence-corrected chi connectivity index (χ0v) is 5.51. The van der Waals surface area contributed by atoms with Crippen LogP contribution in [0.1, 0.15) is 6.04 Å². The van der Waals surface area contributed by atoms with Crippen LogP contribution in [0.5, 0.6) is 0 Å². The van der Waals surface area contributed by atoms with E-state index >= 15 is 0 Å². The zero-order valence-electron chi connectivity index (χ0n) is 5.51. The standard InChI is InChI=1S/C8H8N2/c1-2-4-8(3-1)10-6-5-9-7-10/h1-8H. The smallest absolute Gasteiger partial charge is 0.0954 e. The van der Waals surface area contributed by atoms with E-state index < -0.39 is 0 Å². The van der Waals surface area contributed by atoms with E-state index in [0.717, 1.165) is 0 Å². The van der Waals surface area contributed by atoms with Crippen molar-refractivity contribution in [1.82, 2.24) is 9.55 Å². The van der Waals surface area contributed by atoms with E-state index in [1.54, 1.807) is 6.20 Å². The van der Waals surface area contributed by atoms with Gasteiger partial charge in [-0.15, -0.1) is 0 Å². The Balaban J connectivity index is 2.29. The first-order chi connectivity index (χ1) is 4.97. The molecule has 0 unspecified atom stereocenters. The third kappa shape index (κ3) is 0.778. The number of hydrogen-bond donors (Lipinski definition) is 0. The van der Waals surface area contributed by atoms with Gasteiger partial charge in [-0.05, 0) is 0 Å². The van der Waals surface area contributed by atoms with Gasteiger partial charge in [-0.1, -0.05) is 24.3 Å². The first kappa shape index (κ1) is 5.47. The molecule has 0 radical (unpaired) electrons. The van der Waals surface area contributed by atoms with Crippen molar-refractivity contribution in [3.8, 4) is 0 Å². The Morgan fingerprint density at radius 3 is 2.60 bits per heavy atom. The predicted octanol–water partition coefficient (Wildman–Crippen LogP) is 1.55. The van der Waals surface area contributed by atoms with Gasteiger partial charge in [0.15, 0.2) is 0 Å². The van der Waals surface area contributed by atoms with Gasteiger partial charge in [0.2, 0.25) is 0 Å². The second kappa shape index (κ2) is 2.14. The summed E-state index contributed by atoms with van der Waals surface area (Å²) in [6, 6.07) is 0.391. The Bertz CT molecular complexity index is 245. The molecule has 0 aliphatic heterocycles. The van der Waals surface area contributed by atoms with Crippen LogP contribution in [0.25, 0.3) is 0 Å². The summed E-state index contributed by atoms with van der Waals surface area (Å²) in [4.78, 5) is 3.96. The molecule has 2 nitrogen and oxygen atoms in total. The molecule has 0 saturated carbocycles. The second-order valence-corrected chi connectivity index (χ2v) is 2.27. The predicted molar refractivity (Wildman–Crippen MR) is 39.5 cm³/mol. The minimum absolute atomic E-state index is 0.391. The summed E-state index contributed by atoms with van der Waals surface area (Å²) in [6.07, 6.45) is 13.9. The lowest BCUT2D eigenvalue weighted by Gasteiger charge is -2.04. The second-order valence-electron chi connectivity index (χ2n) is 2.27. The van der Waals surface area contributed by atoms with Crippen LogP contribution in [0.3, 0.4) is 0 Å². The molecule has 50 valence electrons. The molecule has 1 aromatic heterocycles. The Kier molecular flexibility index (Phi) is 1.17. The van der Waals surface area contributed by atoms with Crippen LogP contribution in [0.15, 0.2) is 43.0 Å².